The van der Waals surface area contributed by atoms with E-state index in [1.165, 1.54) is 43.0 Å². The van der Waals surface area contributed by atoms with E-state index in [9.17, 15) is 17.6 Å². The van der Waals surface area contributed by atoms with Gasteiger partial charge in [-0.25, -0.2) is 8.78 Å². The molecule has 0 fully saturated rings. The van der Waals surface area contributed by atoms with Crippen molar-refractivity contribution in [3.63, 3.8) is 0 Å². The fraction of sp³-hybridized carbons (Fsp3) is 0.0976. The van der Waals surface area contributed by atoms with Gasteiger partial charge < -0.3 is 13.5 Å². The van der Waals surface area contributed by atoms with Gasteiger partial charge >= 0.3 is 27.7 Å². The van der Waals surface area contributed by atoms with Crippen LogP contribution in [0.1, 0.15) is 25.0 Å². The first-order valence-corrected chi connectivity index (χ1v) is 20.8. The van der Waals surface area contributed by atoms with Gasteiger partial charge in [0, 0.05) is 16.5 Å². The molecule has 0 radical (unpaired) electrons. The molecule has 0 spiro atoms. The van der Waals surface area contributed by atoms with E-state index in [0.717, 1.165) is 11.5 Å². The Morgan fingerprint density at radius 2 is 0.800 bits per heavy atom. The van der Waals surface area contributed by atoms with Crippen LogP contribution in [0.2, 0.25) is 0 Å². The molecule has 0 bridgehead atoms. The summed E-state index contributed by atoms with van der Waals surface area (Å²) in [5.41, 5.74) is 2.30. The quantitative estimate of drug-likeness (QED) is 0.0676. The Morgan fingerprint density at radius 1 is 0.520 bits per heavy atom. The third kappa shape index (κ3) is 8.40. The van der Waals surface area contributed by atoms with Gasteiger partial charge in [-0.05, 0) is 60.7 Å². The molecule has 0 unspecified atom stereocenters. The molecule has 0 atom stereocenters. The molecule has 6 aromatic rings. The molecule has 0 N–H and O–H groups in total. The van der Waals surface area contributed by atoms with Crippen molar-refractivity contribution in [3.8, 4) is 11.5 Å². The van der Waals surface area contributed by atoms with Gasteiger partial charge in [0.05, 0.1) is 6.43 Å². The van der Waals surface area contributed by atoms with Crippen molar-refractivity contribution in [2.45, 2.75) is 25.7 Å². The third-order valence-corrected chi connectivity index (χ3v) is 14.0. The minimum absolute atomic E-state index is 0.213. The van der Waals surface area contributed by atoms with Gasteiger partial charge in [0.15, 0.2) is 17.9 Å². The summed E-state index contributed by atoms with van der Waals surface area (Å²) in [6, 6.07) is 57.5. The first kappa shape index (κ1) is 37.9. The first-order chi connectivity index (χ1) is 24.3. The normalized spacial score (nSPS) is 12.7. The average molecular weight is 824 g/mol. The third-order valence-electron chi connectivity index (χ3n) is 8.53. The van der Waals surface area contributed by atoms with Crippen molar-refractivity contribution in [1.82, 2.24) is 0 Å². The number of halogens is 5. The van der Waals surface area contributed by atoms with Crippen molar-refractivity contribution in [1.29, 1.82) is 0 Å². The zero-order valence-electron chi connectivity index (χ0n) is 27.2. The molecule has 6 aromatic carbocycles. The number of para-hydroxylation sites is 2. The van der Waals surface area contributed by atoms with E-state index in [1.807, 2.05) is 0 Å². The molecule has 1 heterocycles. The summed E-state index contributed by atoms with van der Waals surface area (Å²) in [4.78, 5) is 0. The second-order valence-electron chi connectivity index (χ2n) is 11.9. The van der Waals surface area contributed by atoms with Crippen LogP contribution in [-0.4, -0.2) is 6.43 Å². The maximum absolute atomic E-state index is 10.4. The summed E-state index contributed by atoms with van der Waals surface area (Å²) < 4.78 is 48.7. The Labute approximate surface area is 308 Å². The number of alkyl halides is 2. The maximum atomic E-state index is 10.4. The van der Waals surface area contributed by atoms with Crippen LogP contribution in [-0.2, 0) is 23.6 Å². The number of benzene rings is 6. The molecule has 7 rings (SSSR count). The van der Waals surface area contributed by atoms with Crippen LogP contribution in [0.5, 0.6) is 11.5 Å². The van der Waals surface area contributed by atoms with Crippen molar-refractivity contribution in [2.75, 3.05) is 0 Å². The van der Waals surface area contributed by atoms with Crippen molar-refractivity contribution >= 4 is 57.2 Å². The average Bonchev–Trinajstić information content (AvgIpc) is 3.15. The SMILES string of the molecule is CC1(C)c2cccc([PH+](c3ccccc3)c3ccccc3)c2Oc2c([PH+](c3ccccc3)c3ccccc3)cccc21.F[C-](F)C(F)F.[Cl][Pd+]. The van der Waals surface area contributed by atoms with Gasteiger partial charge in [0.25, 0.3) is 0 Å². The zero-order chi connectivity index (χ0) is 35.7. The summed E-state index contributed by atoms with van der Waals surface area (Å²) in [6.07, 6.45) is -6.39. The second kappa shape index (κ2) is 17.7. The fourth-order valence-corrected chi connectivity index (χ4v) is 11.7. The van der Waals surface area contributed by atoms with E-state index in [-0.39, 0.29) is 5.41 Å². The predicted octanol–water partition coefficient (Wildman–Crippen LogP) is 9.47. The summed E-state index contributed by atoms with van der Waals surface area (Å²) in [5.74, 6) is 2.07. The van der Waals surface area contributed by atoms with Gasteiger partial charge in [0.1, 0.15) is 47.7 Å². The summed E-state index contributed by atoms with van der Waals surface area (Å²) in [5, 5.41) is 8.05. The topological polar surface area (TPSA) is 9.23 Å². The molecule has 1 nitrogen and oxygen atoms in total. The van der Waals surface area contributed by atoms with Gasteiger partial charge in [-0.1, -0.05) is 111 Å². The van der Waals surface area contributed by atoms with Crippen LogP contribution in [0.4, 0.5) is 17.6 Å². The first-order valence-electron chi connectivity index (χ1n) is 15.8. The Bertz CT molecular complexity index is 1730. The number of hydrogen-bond donors (Lipinski definition) is 0. The second-order valence-corrected chi connectivity index (χ2v) is 16.8. The van der Waals surface area contributed by atoms with E-state index in [2.05, 4.69) is 199 Å². The van der Waals surface area contributed by atoms with Gasteiger partial charge in [-0.2, -0.15) is 0 Å². The predicted molar refractivity (Wildman–Crippen MR) is 203 cm³/mol. The van der Waals surface area contributed by atoms with E-state index < -0.39 is 28.7 Å². The van der Waals surface area contributed by atoms with Gasteiger partial charge in [-0.15, -0.1) is 0 Å². The van der Waals surface area contributed by atoms with Crippen molar-refractivity contribution in [2.24, 2.45) is 0 Å². The van der Waals surface area contributed by atoms with Crippen LogP contribution < -0.4 is 36.6 Å². The molecule has 1 aliphatic heterocycles. The number of fused-ring (bicyclic) bond motifs is 2. The van der Waals surface area contributed by atoms with Crippen LogP contribution in [0.25, 0.3) is 0 Å². The molecule has 9 heteroatoms. The van der Waals surface area contributed by atoms with Crippen LogP contribution in [0.3, 0.4) is 0 Å². The molecule has 0 saturated carbocycles. The Hall–Kier alpha value is -3.35. The Balaban J connectivity index is 0.000000552. The van der Waals surface area contributed by atoms with Crippen LogP contribution in [0.15, 0.2) is 158 Å². The monoisotopic (exact) mass is 822 g/mol. The molecular formula is C41H35ClF4OP2Pd+2. The zero-order valence-corrected chi connectivity index (χ0v) is 31.5. The molecule has 0 aliphatic carbocycles. The molecular weight excluding hydrogens is 788 g/mol. The summed E-state index contributed by atoms with van der Waals surface area (Å²) in [7, 11) is 1.85. The van der Waals surface area contributed by atoms with Crippen LogP contribution in [0, 0.1) is 6.43 Å². The van der Waals surface area contributed by atoms with Gasteiger partial charge in [-0.3, -0.25) is 0 Å². The van der Waals surface area contributed by atoms with Crippen molar-refractivity contribution in [3.05, 3.63) is 175 Å². The van der Waals surface area contributed by atoms with E-state index in [0.29, 0.717) is 0 Å². The van der Waals surface area contributed by atoms with E-state index in [4.69, 9.17) is 4.74 Å². The Morgan fingerprint density at radius 3 is 1.06 bits per heavy atom. The van der Waals surface area contributed by atoms with Crippen molar-refractivity contribution < 1.29 is 40.5 Å². The number of rotatable bonds is 7. The number of ether oxygens (including phenoxy) is 1. The number of hydrogen-bond acceptors (Lipinski definition) is 1. The van der Waals surface area contributed by atoms with Gasteiger partial charge in [0.2, 0.25) is 0 Å². The Kier molecular flexibility index (Phi) is 13.4. The molecule has 0 aromatic heterocycles. The standard InChI is InChI=1S/C39H32OP2.C2HF4.ClH.Pd/c1-39(2)33-25-15-27-35(41(29-17-7-3-8-18-29)30-19-9-4-10-20-30)37(33)40-38-34(39)26-16-28-36(38)42(31-21-11-5-12-22-31)32-23-13-6-14-24-32;3-1(4)2(5)6;;/h3-28H,1-2H3;1H;1H;/q;-1;;+2/p+1. The van der Waals surface area contributed by atoms with Crippen LogP contribution >= 0.6 is 25.4 Å². The molecule has 0 amide bonds. The summed E-state index contributed by atoms with van der Waals surface area (Å²) in [6.45, 7) is 4.71. The minimum atomic E-state index is -3.56. The molecule has 258 valence electrons. The molecule has 0 saturated heterocycles. The fourth-order valence-electron chi connectivity index (χ4n) is 6.29. The summed E-state index contributed by atoms with van der Waals surface area (Å²) >= 11 is 2.22. The van der Waals surface area contributed by atoms with E-state index >= 15 is 0 Å². The molecule has 50 heavy (non-hydrogen) atoms. The molecule has 1 aliphatic rings. The van der Waals surface area contributed by atoms with E-state index in [1.54, 1.807) is 0 Å².